The van der Waals surface area contributed by atoms with Crippen LogP contribution >= 0.6 is 22.9 Å². The van der Waals surface area contributed by atoms with E-state index in [-0.39, 0.29) is 0 Å². The van der Waals surface area contributed by atoms with E-state index in [1.54, 1.807) is 11.3 Å². The van der Waals surface area contributed by atoms with Crippen LogP contribution in [0.5, 0.6) is 0 Å². The maximum atomic E-state index is 5.57. The summed E-state index contributed by atoms with van der Waals surface area (Å²) in [5.41, 5.74) is 0.923. The predicted molar refractivity (Wildman–Crippen MR) is 33.8 cm³/mol. The zero-order valence-corrected chi connectivity index (χ0v) is 5.22. The van der Waals surface area contributed by atoms with E-state index in [4.69, 9.17) is 11.6 Å². The van der Waals surface area contributed by atoms with Gasteiger partial charge in [0.05, 0.1) is 5.02 Å². The van der Waals surface area contributed by atoms with Crippen molar-refractivity contribution < 1.29 is 0 Å². The number of hydrogen-bond donors (Lipinski definition) is 0. The van der Waals surface area contributed by atoms with Crippen LogP contribution in [0, 0.1) is 6.92 Å². The van der Waals surface area contributed by atoms with Crippen LogP contribution in [-0.2, 0) is 0 Å². The molecule has 0 amide bonds. The number of hydrogen-bond acceptors (Lipinski definition) is 1. The highest BCUT2D eigenvalue weighted by Gasteiger charge is 1.89. The molecule has 0 bridgehead atoms. The Hall–Kier alpha value is -0.0100. The summed E-state index contributed by atoms with van der Waals surface area (Å²) in [6, 6.07) is 0. The van der Waals surface area contributed by atoms with Gasteiger partial charge in [-0.15, -0.1) is 0 Å². The van der Waals surface area contributed by atoms with E-state index in [9.17, 15) is 0 Å². The van der Waals surface area contributed by atoms with E-state index < -0.39 is 0 Å². The first-order valence-electron chi connectivity index (χ1n) is 1.84. The van der Waals surface area contributed by atoms with Gasteiger partial charge in [0, 0.05) is 5.38 Å². The number of thiophene rings is 1. The van der Waals surface area contributed by atoms with Crippen LogP contribution < -0.4 is 0 Å². The average molecular weight is 132 g/mol. The Labute approximate surface area is 51.7 Å². The van der Waals surface area contributed by atoms with Gasteiger partial charge in [-0.05, 0) is 17.9 Å². The molecule has 0 saturated carbocycles. The van der Waals surface area contributed by atoms with Crippen LogP contribution in [0.15, 0.2) is 10.8 Å². The maximum absolute atomic E-state index is 5.57. The fraction of sp³-hybridized carbons (Fsp3) is 0. The highest BCUT2D eigenvalue weighted by atomic mass is 35.5. The van der Waals surface area contributed by atoms with Crippen LogP contribution in [0.1, 0.15) is 5.56 Å². The van der Waals surface area contributed by atoms with Crippen LogP contribution in [0.4, 0.5) is 0 Å². The van der Waals surface area contributed by atoms with Crippen molar-refractivity contribution in [1.82, 2.24) is 0 Å². The second-order valence-electron chi connectivity index (χ2n) is 1.24. The molecule has 37 valence electrons. The van der Waals surface area contributed by atoms with Crippen LogP contribution in [0.25, 0.3) is 0 Å². The van der Waals surface area contributed by atoms with Gasteiger partial charge in [-0.25, -0.2) is 0 Å². The largest absolute Gasteiger partial charge is 0.151 e. The van der Waals surface area contributed by atoms with E-state index in [1.165, 1.54) is 0 Å². The first-order chi connectivity index (χ1) is 3.30. The molecule has 1 aromatic heterocycles. The molecule has 0 spiro atoms. The molecule has 2 heteroatoms. The normalized spacial score (nSPS) is 9.43. The van der Waals surface area contributed by atoms with Crippen LogP contribution in [0.2, 0.25) is 5.02 Å². The third-order valence-corrected chi connectivity index (χ3v) is 1.96. The molecule has 0 atom stereocenters. The minimum Gasteiger partial charge on any atom is -0.151 e. The third-order valence-electron chi connectivity index (χ3n) is 0.689. The third kappa shape index (κ3) is 0.956. The van der Waals surface area contributed by atoms with Crippen molar-refractivity contribution in [3.05, 3.63) is 28.3 Å². The quantitative estimate of drug-likeness (QED) is 0.508. The fourth-order valence-electron chi connectivity index (χ4n) is 0.308. The lowest BCUT2D eigenvalue weighted by molar-refractivity contribution is 1.79. The SMILES string of the molecule is [CH2]c1cscc1Cl. The van der Waals surface area contributed by atoms with Gasteiger partial charge in [-0.2, -0.15) is 11.3 Å². The molecule has 1 aromatic rings. The average Bonchev–Trinajstić information content (AvgIpc) is 1.91. The van der Waals surface area contributed by atoms with Crippen molar-refractivity contribution in [2.75, 3.05) is 0 Å². The fourth-order valence-corrected chi connectivity index (χ4v) is 1.21. The highest BCUT2D eigenvalue weighted by molar-refractivity contribution is 7.08. The van der Waals surface area contributed by atoms with Gasteiger partial charge in [0.25, 0.3) is 0 Å². The van der Waals surface area contributed by atoms with Gasteiger partial charge >= 0.3 is 0 Å². The van der Waals surface area contributed by atoms with E-state index in [0.717, 1.165) is 10.6 Å². The van der Waals surface area contributed by atoms with Gasteiger partial charge in [-0.1, -0.05) is 11.6 Å². The van der Waals surface area contributed by atoms with Crippen molar-refractivity contribution in [1.29, 1.82) is 0 Å². The van der Waals surface area contributed by atoms with Crippen molar-refractivity contribution in [2.45, 2.75) is 0 Å². The zero-order chi connectivity index (χ0) is 5.28. The summed E-state index contributed by atoms with van der Waals surface area (Å²) in [5.74, 6) is 0. The minimum atomic E-state index is 0.769. The Balaban J connectivity index is 3.12. The van der Waals surface area contributed by atoms with E-state index in [0.29, 0.717) is 0 Å². The van der Waals surface area contributed by atoms with Crippen LogP contribution in [0.3, 0.4) is 0 Å². The Morgan fingerprint density at radius 2 is 2.29 bits per heavy atom. The highest BCUT2D eigenvalue weighted by Crippen LogP contribution is 2.18. The summed E-state index contributed by atoms with van der Waals surface area (Å²) in [7, 11) is 0. The molecule has 0 N–H and O–H groups in total. The predicted octanol–water partition coefficient (Wildman–Crippen LogP) is 2.58. The molecule has 0 fully saturated rings. The summed E-state index contributed by atoms with van der Waals surface area (Å²) in [6.45, 7) is 3.66. The molecular weight excluding hydrogens is 128 g/mol. The summed E-state index contributed by atoms with van der Waals surface area (Å²) in [4.78, 5) is 0. The van der Waals surface area contributed by atoms with E-state index in [1.807, 2.05) is 10.8 Å². The molecule has 1 rings (SSSR count). The van der Waals surface area contributed by atoms with Gasteiger partial charge < -0.3 is 0 Å². The monoisotopic (exact) mass is 131 g/mol. The Kier molecular flexibility index (Phi) is 1.35. The molecule has 0 unspecified atom stereocenters. The summed E-state index contributed by atoms with van der Waals surface area (Å²) in [5, 5.41) is 4.55. The van der Waals surface area contributed by atoms with Gasteiger partial charge in [-0.3, -0.25) is 0 Å². The lowest BCUT2D eigenvalue weighted by Gasteiger charge is -1.76. The minimum absolute atomic E-state index is 0.769. The number of rotatable bonds is 0. The van der Waals surface area contributed by atoms with Gasteiger partial charge in [0.15, 0.2) is 0 Å². The standard InChI is InChI=1S/C5H4ClS/c1-4-2-7-3-5(4)6/h2-3H,1H2. The van der Waals surface area contributed by atoms with Crippen LogP contribution in [-0.4, -0.2) is 0 Å². The molecule has 0 nitrogen and oxygen atoms in total. The molecule has 0 saturated heterocycles. The Morgan fingerprint density at radius 1 is 1.57 bits per heavy atom. The zero-order valence-electron chi connectivity index (χ0n) is 3.65. The summed E-state index contributed by atoms with van der Waals surface area (Å²) < 4.78 is 0. The van der Waals surface area contributed by atoms with Crippen molar-refractivity contribution in [2.24, 2.45) is 0 Å². The number of halogens is 1. The summed E-state index contributed by atoms with van der Waals surface area (Å²) in [6.07, 6.45) is 0. The molecule has 0 aliphatic heterocycles. The van der Waals surface area contributed by atoms with Crippen molar-refractivity contribution >= 4 is 22.9 Å². The molecular formula is C5H4ClS. The second kappa shape index (κ2) is 1.85. The van der Waals surface area contributed by atoms with Crippen molar-refractivity contribution in [3.63, 3.8) is 0 Å². The molecule has 0 aliphatic carbocycles. The lowest BCUT2D eigenvalue weighted by atomic mass is 10.4. The first-order valence-corrected chi connectivity index (χ1v) is 3.16. The second-order valence-corrected chi connectivity index (χ2v) is 2.40. The van der Waals surface area contributed by atoms with E-state index in [2.05, 4.69) is 6.92 Å². The molecule has 1 radical (unpaired) electrons. The Bertz CT molecular complexity index is 140. The maximum Gasteiger partial charge on any atom is 0.0545 e. The molecule has 0 aromatic carbocycles. The molecule has 7 heavy (non-hydrogen) atoms. The van der Waals surface area contributed by atoms with Crippen molar-refractivity contribution in [3.8, 4) is 0 Å². The molecule has 1 heterocycles. The first kappa shape index (κ1) is 5.13. The van der Waals surface area contributed by atoms with E-state index >= 15 is 0 Å². The smallest absolute Gasteiger partial charge is 0.0545 e. The lowest BCUT2D eigenvalue weighted by Crippen LogP contribution is -1.56. The van der Waals surface area contributed by atoms with Gasteiger partial charge in [0.2, 0.25) is 0 Å². The summed E-state index contributed by atoms with van der Waals surface area (Å²) >= 11 is 7.14. The topological polar surface area (TPSA) is 0 Å². The van der Waals surface area contributed by atoms with Gasteiger partial charge in [0.1, 0.15) is 0 Å². The Morgan fingerprint density at radius 3 is 2.43 bits per heavy atom. The molecule has 0 aliphatic rings.